The van der Waals surface area contributed by atoms with Gasteiger partial charge in [-0.2, -0.15) is 0 Å². The molecular weight excluding hydrogens is 194 g/mol. The first-order chi connectivity index (χ1) is 7.16. The molecule has 4 heteroatoms. The van der Waals surface area contributed by atoms with Crippen molar-refractivity contribution in [1.29, 1.82) is 5.41 Å². The summed E-state index contributed by atoms with van der Waals surface area (Å²) in [7, 11) is 1.22. The average molecular weight is 203 g/mol. The summed E-state index contributed by atoms with van der Waals surface area (Å²) in [5, 5.41) is 17.5. The van der Waals surface area contributed by atoms with Gasteiger partial charge in [0.1, 0.15) is 11.3 Å². The molecule has 0 heterocycles. The molecule has 0 fully saturated rings. The zero-order valence-electron chi connectivity index (χ0n) is 8.07. The van der Waals surface area contributed by atoms with Crippen LogP contribution < -0.4 is 0 Å². The van der Waals surface area contributed by atoms with E-state index in [4.69, 9.17) is 5.41 Å². The largest absolute Gasteiger partial charge is 0.506 e. The quantitative estimate of drug-likeness (QED) is 0.679. The fourth-order valence-corrected chi connectivity index (χ4v) is 1.60. The van der Waals surface area contributed by atoms with E-state index in [0.717, 1.165) is 0 Å². The normalized spacial score (nSPS) is 14.1. The van der Waals surface area contributed by atoms with Crippen molar-refractivity contribution in [3.05, 3.63) is 41.0 Å². The predicted octanol–water partition coefficient (Wildman–Crippen LogP) is 1.51. The summed E-state index contributed by atoms with van der Waals surface area (Å²) in [6.45, 7) is 0. The van der Waals surface area contributed by atoms with Gasteiger partial charge in [0, 0.05) is 11.1 Å². The van der Waals surface area contributed by atoms with E-state index < -0.39 is 5.97 Å². The summed E-state index contributed by atoms with van der Waals surface area (Å²) in [5.41, 5.74) is 0.993. The second-order valence-corrected chi connectivity index (χ2v) is 3.14. The molecule has 0 spiro atoms. The Morgan fingerprint density at radius 2 is 1.93 bits per heavy atom. The Bertz CT molecular complexity index is 488. The van der Waals surface area contributed by atoms with Gasteiger partial charge in [-0.3, -0.25) is 5.41 Å². The molecule has 1 aromatic rings. The molecule has 0 aliphatic heterocycles. The lowest BCUT2D eigenvalue weighted by Gasteiger charge is -2.00. The fourth-order valence-electron chi connectivity index (χ4n) is 1.60. The highest BCUT2D eigenvalue weighted by molar-refractivity contribution is 6.33. The van der Waals surface area contributed by atoms with Crippen molar-refractivity contribution in [2.75, 3.05) is 7.11 Å². The van der Waals surface area contributed by atoms with Crippen molar-refractivity contribution >= 4 is 17.4 Å². The van der Waals surface area contributed by atoms with Crippen LogP contribution in [0.4, 0.5) is 0 Å². The molecule has 0 radical (unpaired) electrons. The van der Waals surface area contributed by atoms with E-state index >= 15 is 0 Å². The van der Waals surface area contributed by atoms with E-state index in [-0.39, 0.29) is 17.0 Å². The molecule has 2 rings (SSSR count). The van der Waals surface area contributed by atoms with Crippen LogP contribution in [0.5, 0.6) is 0 Å². The summed E-state index contributed by atoms with van der Waals surface area (Å²) in [6.07, 6.45) is 0. The van der Waals surface area contributed by atoms with E-state index in [1.54, 1.807) is 24.3 Å². The Morgan fingerprint density at radius 3 is 2.47 bits per heavy atom. The average Bonchev–Trinajstić information content (AvgIpc) is 2.52. The minimum absolute atomic E-state index is 0.00921. The molecule has 0 saturated heterocycles. The van der Waals surface area contributed by atoms with Crippen LogP contribution in [-0.2, 0) is 9.53 Å². The lowest BCUT2D eigenvalue weighted by atomic mass is 10.1. The van der Waals surface area contributed by atoms with Gasteiger partial charge >= 0.3 is 5.97 Å². The van der Waals surface area contributed by atoms with Gasteiger partial charge in [0.15, 0.2) is 0 Å². The van der Waals surface area contributed by atoms with Gasteiger partial charge in [0.2, 0.25) is 0 Å². The molecule has 76 valence electrons. The number of benzene rings is 1. The van der Waals surface area contributed by atoms with E-state index in [2.05, 4.69) is 4.74 Å². The number of methoxy groups -OCH3 is 1. The monoisotopic (exact) mass is 203 g/mol. The third-order valence-electron chi connectivity index (χ3n) is 2.33. The number of esters is 1. The first-order valence-electron chi connectivity index (χ1n) is 4.37. The van der Waals surface area contributed by atoms with Gasteiger partial charge in [0.25, 0.3) is 0 Å². The molecule has 1 aromatic carbocycles. The Labute approximate surface area is 86.3 Å². The number of nitrogens with one attached hydrogen (secondary N) is 1. The number of aliphatic hydroxyl groups excluding tert-OH is 1. The van der Waals surface area contributed by atoms with Crippen molar-refractivity contribution in [2.45, 2.75) is 0 Å². The van der Waals surface area contributed by atoms with Crippen LogP contribution in [0.2, 0.25) is 0 Å². The first-order valence-corrected chi connectivity index (χ1v) is 4.37. The maximum Gasteiger partial charge on any atom is 0.343 e. The molecule has 0 atom stereocenters. The van der Waals surface area contributed by atoms with Crippen LogP contribution in [0.25, 0.3) is 5.76 Å². The molecule has 0 bridgehead atoms. The number of hydrogen-bond acceptors (Lipinski definition) is 4. The van der Waals surface area contributed by atoms with Crippen molar-refractivity contribution < 1.29 is 14.6 Å². The smallest absolute Gasteiger partial charge is 0.343 e. The predicted molar refractivity (Wildman–Crippen MR) is 54.8 cm³/mol. The second-order valence-electron chi connectivity index (χ2n) is 3.14. The lowest BCUT2D eigenvalue weighted by Crippen LogP contribution is -2.12. The highest BCUT2D eigenvalue weighted by atomic mass is 16.5. The zero-order chi connectivity index (χ0) is 11.0. The molecular formula is C11H9NO3. The number of carbonyl (C=O) groups is 1. The maximum atomic E-state index is 11.3. The van der Waals surface area contributed by atoms with Crippen LogP contribution in [0.1, 0.15) is 11.1 Å². The molecule has 2 N–H and O–H groups in total. The minimum Gasteiger partial charge on any atom is -0.506 e. The highest BCUT2D eigenvalue weighted by Crippen LogP contribution is 2.31. The van der Waals surface area contributed by atoms with Gasteiger partial charge in [0.05, 0.1) is 12.8 Å². The summed E-state index contributed by atoms with van der Waals surface area (Å²) >= 11 is 0. The number of hydrogen-bond donors (Lipinski definition) is 2. The Hall–Kier alpha value is -2.10. The van der Waals surface area contributed by atoms with Crippen LogP contribution >= 0.6 is 0 Å². The van der Waals surface area contributed by atoms with Gasteiger partial charge in [-0.05, 0) is 0 Å². The van der Waals surface area contributed by atoms with E-state index in [9.17, 15) is 9.90 Å². The van der Waals surface area contributed by atoms with Gasteiger partial charge in [-0.1, -0.05) is 24.3 Å². The Morgan fingerprint density at radius 1 is 1.33 bits per heavy atom. The van der Waals surface area contributed by atoms with Crippen LogP contribution in [-0.4, -0.2) is 23.9 Å². The van der Waals surface area contributed by atoms with Gasteiger partial charge < -0.3 is 9.84 Å². The Balaban J connectivity index is 2.60. The number of rotatable bonds is 1. The number of ether oxygens (including phenoxy) is 1. The molecule has 0 amide bonds. The van der Waals surface area contributed by atoms with Crippen molar-refractivity contribution in [1.82, 2.24) is 0 Å². The van der Waals surface area contributed by atoms with Gasteiger partial charge in [-0.15, -0.1) is 0 Å². The molecule has 1 aliphatic carbocycles. The van der Waals surface area contributed by atoms with Crippen molar-refractivity contribution in [3.63, 3.8) is 0 Å². The molecule has 0 aromatic heterocycles. The number of carbonyl (C=O) groups excluding carboxylic acids is 1. The third-order valence-corrected chi connectivity index (χ3v) is 2.33. The first kappa shape index (κ1) is 9.45. The highest BCUT2D eigenvalue weighted by Gasteiger charge is 2.31. The molecule has 0 saturated carbocycles. The zero-order valence-corrected chi connectivity index (χ0v) is 8.07. The van der Waals surface area contributed by atoms with Crippen LogP contribution in [0, 0.1) is 5.41 Å². The summed E-state index contributed by atoms with van der Waals surface area (Å²) < 4.78 is 4.51. The molecule has 15 heavy (non-hydrogen) atoms. The summed E-state index contributed by atoms with van der Waals surface area (Å²) in [6, 6.07) is 6.84. The maximum absolute atomic E-state index is 11.3. The van der Waals surface area contributed by atoms with Gasteiger partial charge in [-0.25, -0.2) is 4.79 Å². The number of fused-ring (bicyclic) bond motifs is 1. The molecule has 4 nitrogen and oxygen atoms in total. The van der Waals surface area contributed by atoms with Crippen molar-refractivity contribution in [3.8, 4) is 0 Å². The van der Waals surface area contributed by atoms with E-state index in [1.165, 1.54) is 7.11 Å². The lowest BCUT2D eigenvalue weighted by molar-refractivity contribution is -0.135. The summed E-state index contributed by atoms with van der Waals surface area (Å²) in [5.74, 6) is -0.865. The SMILES string of the molecule is COC(=O)C1=C(O)c2ccccc2C1=N. The minimum atomic E-state index is -0.686. The number of aliphatic hydroxyl groups is 1. The second kappa shape index (κ2) is 3.24. The topological polar surface area (TPSA) is 70.4 Å². The summed E-state index contributed by atoms with van der Waals surface area (Å²) in [4.78, 5) is 11.3. The fraction of sp³-hybridized carbons (Fsp3) is 0.0909. The van der Waals surface area contributed by atoms with Crippen LogP contribution in [0.3, 0.4) is 0 Å². The Kier molecular flexibility index (Phi) is 2.04. The standard InChI is InChI=1S/C11H9NO3/c1-15-11(14)8-9(12)6-4-2-3-5-7(6)10(8)13/h2-5,12-13H,1H3. The molecule has 0 unspecified atom stereocenters. The van der Waals surface area contributed by atoms with Crippen LogP contribution in [0.15, 0.2) is 29.8 Å². The molecule has 1 aliphatic rings. The van der Waals surface area contributed by atoms with Crippen molar-refractivity contribution in [2.24, 2.45) is 0 Å². The van der Waals surface area contributed by atoms with E-state index in [1.807, 2.05) is 0 Å². The van der Waals surface area contributed by atoms with E-state index in [0.29, 0.717) is 11.1 Å². The third kappa shape index (κ3) is 1.22.